The van der Waals surface area contributed by atoms with Crippen LogP contribution in [-0.2, 0) is 20.9 Å². The number of ether oxygens (including phenoxy) is 2. The quantitative estimate of drug-likeness (QED) is 0.325. The molecule has 0 radical (unpaired) electrons. The molecule has 7 nitrogen and oxygen atoms in total. The largest absolute Gasteiger partial charge is 0.452 e. The van der Waals surface area contributed by atoms with Gasteiger partial charge in [-0.3, -0.25) is 4.79 Å². The number of likely N-dealkylation sites (tertiary alicyclic amines) is 1. The van der Waals surface area contributed by atoms with E-state index < -0.39 is 5.97 Å². The lowest BCUT2D eigenvalue weighted by Crippen LogP contribution is -2.42. The molecular weight excluding hydrogens is 466 g/mol. The molecule has 0 atom stereocenters. The van der Waals surface area contributed by atoms with Crippen LogP contribution in [0.2, 0.25) is 0 Å². The maximum absolute atomic E-state index is 13.1. The fourth-order valence-electron chi connectivity index (χ4n) is 4.40. The minimum absolute atomic E-state index is 0.115. The summed E-state index contributed by atoms with van der Waals surface area (Å²) in [5.74, 6) is -0.776. The lowest BCUT2D eigenvalue weighted by molar-refractivity contribution is -0.137. The van der Waals surface area contributed by atoms with Crippen molar-refractivity contribution in [3.05, 3.63) is 108 Å². The van der Waals surface area contributed by atoms with E-state index in [1.54, 1.807) is 15.8 Å². The van der Waals surface area contributed by atoms with E-state index in [9.17, 15) is 9.59 Å². The van der Waals surface area contributed by atoms with E-state index in [0.29, 0.717) is 31.0 Å². The van der Waals surface area contributed by atoms with Crippen LogP contribution in [-0.4, -0.2) is 52.4 Å². The van der Waals surface area contributed by atoms with Crippen LogP contribution in [0.5, 0.6) is 0 Å². The second-order valence-corrected chi connectivity index (χ2v) is 8.99. The number of esters is 1. The molecule has 1 aliphatic heterocycles. The minimum atomic E-state index is -0.574. The SMILES string of the molecule is O=C(OCC(=O)N1CCC(OCc2ccccc2)CC1)c1cn(-c2ccccc2)nc1-c1ccccc1. The number of carbonyl (C=O) groups is 2. The van der Waals surface area contributed by atoms with Crippen molar-refractivity contribution >= 4 is 11.9 Å². The number of hydrogen-bond donors (Lipinski definition) is 0. The van der Waals surface area contributed by atoms with Crippen LogP contribution in [0.15, 0.2) is 97.2 Å². The number of carbonyl (C=O) groups excluding carboxylic acids is 2. The molecule has 37 heavy (non-hydrogen) atoms. The van der Waals surface area contributed by atoms with Gasteiger partial charge in [0.1, 0.15) is 11.3 Å². The van der Waals surface area contributed by atoms with Crippen LogP contribution in [0.4, 0.5) is 0 Å². The highest BCUT2D eigenvalue weighted by atomic mass is 16.5. The van der Waals surface area contributed by atoms with Crippen molar-refractivity contribution in [1.29, 1.82) is 0 Å². The van der Waals surface area contributed by atoms with Crippen molar-refractivity contribution in [2.45, 2.75) is 25.6 Å². The third kappa shape index (κ3) is 6.13. The van der Waals surface area contributed by atoms with Crippen LogP contribution < -0.4 is 0 Å². The van der Waals surface area contributed by atoms with E-state index in [4.69, 9.17) is 9.47 Å². The third-order valence-corrected chi connectivity index (χ3v) is 6.45. The normalized spacial score (nSPS) is 13.9. The first-order valence-corrected chi connectivity index (χ1v) is 12.5. The van der Waals surface area contributed by atoms with Crippen molar-refractivity contribution in [2.24, 2.45) is 0 Å². The summed E-state index contributed by atoms with van der Waals surface area (Å²) < 4.78 is 13.1. The van der Waals surface area contributed by atoms with Crippen molar-refractivity contribution < 1.29 is 19.1 Å². The third-order valence-electron chi connectivity index (χ3n) is 6.45. The standard InChI is InChI=1S/C30H29N3O4/c34-28(32-18-16-26(17-19-32)36-21-23-10-4-1-5-11-23)22-37-30(35)27-20-33(25-14-8-3-9-15-25)31-29(27)24-12-6-2-7-13-24/h1-15,20,26H,16-19,21-22H2. The van der Waals surface area contributed by atoms with Gasteiger partial charge in [-0.25, -0.2) is 9.48 Å². The van der Waals surface area contributed by atoms with Gasteiger partial charge in [0.25, 0.3) is 5.91 Å². The monoisotopic (exact) mass is 495 g/mol. The van der Waals surface area contributed by atoms with Gasteiger partial charge in [-0.1, -0.05) is 78.9 Å². The van der Waals surface area contributed by atoms with E-state index in [0.717, 1.165) is 29.7 Å². The van der Waals surface area contributed by atoms with Crippen LogP contribution in [0.1, 0.15) is 28.8 Å². The van der Waals surface area contributed by atoms with Gasteiger partial charge in [0.2, 0.25) is 0 Å². The summed E-state index contributed by atoms with van der Waals surface area (Å²) in [5, 5.41) is 4.64. The Bertz CT molecular complexity index is 1310. The summed E-state index contributed by atoms with van der Waals surface area (Å²) >= 11 is 0. The Kier molecular flexibility index (Phi) is 7.72. The van der Waals surface area contributed by atoms with Gasteiger partial charge in [-0.15, -0.1) is 0 Å². The highest BCUT2D eigenvalue weighted by Gasteiger charge is 2.25. The lowest BCUT2D eigenvalue weighted by Gasteiger charge is -2.31. The van der Waals surface area contributed by atoms with Gasteiger partial charge in [0.05, 0.1) is 18.4 Å². The molecule has 2 heterocycles. The Labute approximate surface area is 216 Å². The number of benzene rings is 3. The number of nitrogens with zero attached hydrogens (tertiary/aromatic N) is 3. The summed E-state index contributed by atoms with van der Waals surface area (Å²) in [6.07, 6.45) is 3.28. The highest BCUT2D eigenvalue weighted by Crippen LogP contribution is 2.24. The molecule has 7 heteroatoms. The van der Waals surface area contributed by atoms with E-state index in [-0.39, 0.29) is 18.6 Å². The van der Waals surface area contributed by atoms with Crippen molar-refractivity contribution in [2.75, 3.05) is 19.7 Å². The van der Waals surface area contributed by atoms with E-state index in [1.165, 1.54) is 0 Å². The van der Waals surface area contributed by atoms with E-state index >= 15 is 0 Å². The van der Waals surface area contributed by atoms with Gasteiger partial charge < -0.3 is 14.4 Å². The average molecular weight is 496 g/mol. The Balaban J connectivity index is 1.18. The molecule has 0 aliphatic carbocycles. The minimum Gasteiger partial charge on any atom is -0.452 e. The fraction of sp³-hybridized carbons (Fsp3) is 0.233. The first kappa shape index (κ1) is 24.5. The molecule has 0 unspecified atom stereocenters. The molecule has 4 aromatic rings. The zero-order valence-electron chi connectivity index (χ0n) is 20.5. The van der Waals surface area contributed by atoms with E-state index in [2.05, 4.69) is 5.10 Å². The lowest BCUT2D eigenvalue weighted by atomic mass is 10.1. The number of rotatable bonds is 8. The highest BCUT2D eigenvalue weighted by molar-refractivity contribution is 5.97. The number of para-hydroxylation sites is 1. The maximum Gasteiger partial charge on any atom is 0.342 e. The second kappa shape index (κ2) is 11.7. The maximum atomic E-state index is 13.1. The van der Waals surface area contributed by atoms with Crippen molar-refractivity contribution in [1.82, 2.24) is 14.7 Å². The topological polar surface area (TPSA) is 73.7 Å². The number of piperidine rings is 1. The molecule has 1 aromatic heterocycles. The first-order valence-electron chi connectivity index (χ1n) is 12.5. The zero-order valence-corrected chi connectivity index (χ0v) is 20.5. The Morgan fingerprint density at radius 3 is 2.14 bits per heavy atom. The first-order chi connectivity index (χ1) is 18.2. The van der Waals surface area contributed by atoms with Crippen molar-refractivity contribution in [3.8, 4) is 16.9 Å². The summed E-state index contributed by atoms with van der Waals surface area (Å²) in [6, 6.07) is 29.1. The van der Waals surface area contributed by atoms with Crippen LogP contribution >= 0.6 is 0 Å². The smallest absolute Gasteiger partial charge is 0.342 e. The molecule has 188 valence electrons. The molecular formula is C30H29N3O4. The average Bonchev–Trinajstić information content (AvgIpc) is 3.42. The zero-order chi connectivity index (χ0) is 25.5. The second-order valence-electron chi connectivity index (χ2n) is 8.99. The van der Waals surface area contributed by atoms with Gasteiger partial charge in [0, 0.05) is 24.8 Å². The van der Waals surface area contributed by atoms with Crippen LogP contribution in [0.3, 0.4) is 0 Å². The molecule has 0 spiro atoms. The van der Waals surface area contributed by atoms with Crippen molar-refractivity contribution in [3.63, 3.8) is 0 Å². The Morgan fingerprint density at radius 2 is 1.46 bits per heavy atom. The molecule has 0 N–H and O–H groups in total. The molecule has 1 saturated heterocycles. The van der Waals surface area contributed by atoms with Crippen LogP contribution in [0.25, 0.3) is 16.9 Å². The summed E-state index contributed by atoms with van der Waals surface area (Å²) in [6.45, 7) is 1.42. The summed E-state index contributed by atoms with van der Waals surface area (Å²) in [4.78, 5) is 27.6. The molecule has 1 aliphatic rings. The predicted molar refractivity (Wildman–Crippen MR) is 140 cm³/mol. The van der Waals surface area contributed by atoms with E-state index in [1.807, 2.05) is 91.0 Å². The summed E-state index contributed by atoms with van der Waals surface area (Å²) in [7, 11) is 0. The van der Waals surface area contributed by atoms with Crippen LogP contribution in [0, 0.1) is 0 Å². The Morgan fingerprint density at radius 1 is 0.838 bits per heavy atom. The van der Waals surface area contributed by atoms with Gasteiger partial charge in [-0.2, -0.15) is 5.10 Å². The van der Waals surface area contributed by atoms with Gasteiger partial charge in [-0.05, 0) is 30.5 Å². The Hall–Kier alpha value is -4.23. The number of amides is 1. The molecule has 1 fully saturated rings. The molecule has 5 rings (SSSR count). The molecule has 1 amide bonds. The summed E-state index contributed by atoms with van der Waals surface area (Å²) in [5.41, 5.74) is 3.59. The number of aromatic nitrogens is 2. The van der Waals surface area contributed by atoms with Gasteiger partial charge >= 0.3 is 5.97 Å². The fourth-order valence-corrected chi connectivity index (χ4v) is 4.40. The molecule has 0 saturated carbocycles. The van der Waals surface area contributed by atoms with Gasteiger partial charge in [0.15, 0.2) is 6.61 Å². The predicted octanol–water partition coefficient (Wildman–Crippen LogP) is 4.90. The molecule has 0 bridgehead atoms. The molecule has 3 aromatic carbocycles. The number of hydrogen-bond acceptors (Lipinski definition) is 5.